The van der Waals surface area contributed by atoms with Crippen LogP contribution >= 0.6 is 0 Å². The molecule has 0 nitrogen and oxygen atoms in total. The highest BCUT2D eigenvalue weighted by atomic mass is 14.3. The third kappa shape index (κ3) is 3.47. The molecule has 0 aliphatic heterocycles. The normalized spacial score (nSPS) is 37.9. The van der Waals surface area contributed by atoms with Gasteiger partial charge in [-0.1, -0.05) is 50.8 Å². The predicted molar refractivity (Wildman–Crippen MR) is 75.9 cm³/mol. The van der Waals surface area contributed by atoms with Gasteiger partial charge >= 0.3 is 0 Å². The van der Waals surface area contributed by atoms with Gasteiger partial charge in [0, 0.05) is 0 Å². The summed E-state index contributed by atoms with van der Waals surface area (Å²) in [5, 5.41) is 0. The van der Waals surface area contributed by atoms with Crippen molar-refractivity contribution in [3.63, 3.8) is 0 Å². The molecular weight excluding hydrogens is 204 g/mol. The zero-order valence-electron chi connectivity index (χ0n) is 11.4. The summed E-state index contributed by atoms with van der Waals surface area (Å²) in [6, 6.07) is 0. The van der Waals surface area contributed by atoms with Crippen LogP contribution in [0, 0.1) is 23.7 Å². The Hall–Kier alpha value is -0.520. The summed E-state index contributed by atoms with van der Waals surface area (Å²) < 4.78 is 0. The molecule has 1 fully saturated rings. The number of hydrogen-bond donors (Lipinski definition) is 0. The first-order valence-electron chi connectivity index (χ1n) is 7.64. The fourth-order valence-electron chi connectivity index (χ4n) is 3.77. The second-order valence-electron chi connectivity index (χ2n) is 6.10. The summed E-state index contributed by atoms with van der Waals surface area (Å²) in [5.74, 6) is 3.58. The van der Waals surface area contributed by atoms with E-state index >= 15 is 0 Å². The van der Waals surface area contributed by atoms with Crippen LogP contribution in [0.1, 0.15) is 58.3 Å². The first-order valence-corrected chi connectivity index (χ1v) is 7.64. The number of allylic oxidation sites excluding steroid dienone is 3. The van der Waals surface area contributed by atoms with Gasteiger partial charge in [-0.15, -0.1) is 6.58 Å². The second kappa shape index (κ2) is 6.42. The minimum absolute atomic E-state index is 0.655. The van der Waals surface area contributed by atoms with Crippen molar-refractivity contribution in [1.29, 1.82) is 0 Å². The fraction of sp³-hybridized carbons (Fsp3) is 0.765. The quantitative estimate of drug-likeness (QED) is 0.572. The lowest BCUT2D eigenvalue weighted by atomic mass is 9.71. The molecule has 2 atom stereocenters. The van der Waals surface area contributed by atoms with Gasteiger partial charge in [0.1, 0.15) is 0 Å². The largest absolute Gasteiger partial charge is 0.102 e. The van der Waals surface area contributed by atoms with E-state index in [-0.39, 0.29) is 0 Å². The minimum atomic E-state index is 0.655. The SMILES string of the molecule is C=CC1C=CC(C2CCC(CCC)CC2)CC1. The Kier molecular flexibility index (Phi) is 4.88. The van der Waals surface area contributed by atoms with E-state index in [0.29, 0.717) is 5.92 Å². The van der Waals surface area contributed by atoms with Crippen molar-refractivity contribution >= 4 is 0 Å². The van der Waals surface area contributed by atoms with Gasteiger partial charge in [0.15, 0.2) is 0 Å². The van der Waals surface area contributed by atoms with Crippen molar-refractivity contribution in [3.8, 4) is 0 Å². The third-order valence-corrected chi connectivity index (χ3v) is 4.94. The molecule has 0 amide bonds. The molecule has 1 saturated carbocycles. The zero-order chi connectivity index (χ0) is 12.1. The number of hydrogen-bond acceptors (Lipinski definition) is 0. The lowest BCUT2D eigenvalue weighted by molar-refractivity contribution is 0.208. The second-order valence-corrected chi connectivity index (χ2v) is 6.10. The molecule has 2 aliphatic rings. The van der Waals surface area contributed by atoms with Gasteiger partial charge in [0.25, 0.3) is 0 Å². The molecule has 0 heteroatoms. The molecule has 0 spiro atoms. The van der Waals surface area contributed by atoms with Gasteiger partial charge in [0.2, 0.25) is 0 Å². The lowest BCUT2D eigenvalue weighted by Crippen LogP contribution is -2.22. The lowest BCUT2D eigenvalue weighted by Gasteiger charge is -2.34. The van der Waals surface area contributed by atoms with Gasteiger partial charge in [-0.2, -0.15) is 0 Å². The van der Waals surface area contributed by atoms with Crippen LogP contribution in [0.5, 0.6) is 0 Å². The van der Waals surface area contributed by atoms with E-state index in [2.05, 4.69) is 31.7 Å². The molecular formula is C17H28. The molecule has 0 bridgehead atoms. The van der Waals surface area contributed by atoms with Crippen LogP contribution in [0.2, 0.25) is 0 Å². The molecule has 2 aliphatic carbocycles. The molecule has 96 valence electrons. The molecule has 0 aromatic rings. The molecule has 0 N–H and O–H groups in total. The Morgan fingerprint density at radius 2 is 1.82 bits per heavy atom. The zero-order valence-corrected chi connectivity index (χ0v) is 11.4. The van der Waals surface area contributed by atoms with Crippen molar-refractivity contribution in [2.75, 3.05) is 0 Å². The summed E-state index contributed by atoms with van der Waals surface area (Å²) in [7, 11) is 0. The van der Waals surface area contributed by atoms with Crippen LogP contribution in [-0.4, -0.2) is 0 Å². The Bertz CT molecular complexity index is 255. The van der Waals surface area contributed by atoms with Crippen molar-refractivity contribution in [1.82, 2.24) is 0 Å². The third-order valence-electron chi connectivity index (χ3n) is 4.94. The summed E-state index contributed by atoms with van der Waals surface area (Å²) in [5.41, 5.74) is 0. The maximum absolute atomic E-state index is 3.90. The molecule has 0 aromatic carbocycles. The van der Waals surface area contributed by atoms with E-state index in [9.17, 15) is 0 Å². The van der Waals surface area contributed by atoms with E-state index in [1.54, 1.807) is 0 Å². The van der Waals surface area contributed by atoms with Gasteiger partial charge in [0.05, 0.1) is 0 Å². The first kappa shape index (κ1) is 12.9. The van der Waals surface area contributed by atoms with Crippen molar-refractivity contribution in [3.05, 3.63) is 24.8 Å². The Morgan fingerprint density at radius 3 is 2.35 bits per heavy atom. The molecule has 0 heterocycles. The Balaban J connectivity index is 1.79. The van der Waals surface area contributed by atoms with Crippen molar-refractivity contribution in [2.45, 2.75) is 58.3 Å². The average molecular weight is 232 g/mol. The van der Waals surface area contributed by atoms with E-state index in [0.717, 1.165) is 17.8 Å². The highest BCUT2D eigenvalue weighted by Crippen LogP contribution is 2.39. The van der Waals surface area contributed by atoms with E-state index < -0.39 is 0 Å². The van der Waals surface area contributed by atoms with Crippen LogP contribution in [0.4, 0.5) is 0 Å². The summed E-state index contributed by atoms with van der Waals surface area (Å²) in [6.45, 7) is 6.23. The highest BCUT2D eigenvalue weighted by molar-refractivity contribution is 5.05. The minimum Gasteiger partial charge on any atom is -0.102 e. The van der Waals surface area contributed by atoms with E-state index in [4.69, 9.17) is 0 Å². The molecule has 17 heavy (non-hydrogen) atoms. The van der Waals surface area contributed by atoms with Gasteiger partial charge < -0.3 is 0 Å². The maximum Gasteiger partial charge on any atom is -0.00559 e. The van der Waals surface area contributed by atoms with E-state index in [1.807, 2.05) is 0 Å². The smallest absolute Gasteiger partial charge is 0.00559 e. The fourth-order valence-corrected chi connectivity index (χ4v) is 3.77. The summed E-state index contributed by atoms with van der Waals surface area (Å²) in [4.78, 5) is 0. The Morgan fingerprint density at radius 1 is 1.06 bits per heavy atom. The summed E-state index contributed by atoms with van der Waals surface area (Å²) >= 11 is 0. The van der Waals surface area contributed by atoms with Crippen LogP contribution in [0.15, 0.2) is 24.8 Å². The Labute approximate surface area is 107 Å². The van der Waals surface area contributed by atoms with E-state index in [1.165, 1.54) is 51.4 Å². The standard InChI is InChI=1S/C17H28/c1-3-5-15-8-12-17(13-9-15)16-10-6-14(4-2)7-11-16/h4,6,10,14-17H,2-3,5,7-9,11-13H2,1H3. The van der Waals surface area contributed by atoms with Crippen molar-refractivity contribution in [2.24, 2.45) is 23.7 Å². The predicted octanol–water partition coefficient (Wildman–Crippen LogP) is 5.36. The molecule has 0 saturated heterocycles. The average Bonchev–Trinajstić information content (AvgIpc) is 2.40. The highest BCUT2D eigenvalue weighted by Gasteiger charge is 2.27. The molecule has 2 rings (SSSR count). The summed E-state index contributed by atoms with van der Waals surface area (Å²) in [6.07, 6.45) is 18.5. The van der Waals surface area contributed by atoms with Crippen LogP contribution in [-0.2, 0) is 0 Å². The van der Waals surface area contributed by atoms with Crippen molar-refractivity contribution < 1.29 is 0 Å². The van der Waals surface area contributed by atoms with Gasteiger partial charge in [-0.3, -0.25) is 0 Å². The maximum atomic E-state index is 3.90. The molecule has 0 aromatic heterocycles. The van der Waals surface area contributed by atoms with Gasteiger partial charge in [-0.05, 0) is 49.4 Å². The topological polar surface area (TPSA) is 0 Å². The molecule has 2 unspecified atom stereocenters. The van der Waals surface area contributed by atoms with Crippen LogP contribution in [0.25, 0.3) is 0 Å². The van der Waals surface area contributed by atoms with Crippen LogP contribution < -0.4 is 0 Å². The molecule has 0 radical (unpaired) electrons. The van der Waals surface area contributed by atoms with Crippen LogP contribution in [0.3, 0.4) is 0 Å². The number of rotatable bonds is 4. The first-order chi connectivity index (χ1) is 8.33. The monoisotopic (exact) mass is 232 g/mol. The van der Waals surface area contributed by atoms with Gasteiger partial charge in [-0.25, -0.2) is 0 Å².